The number of rotatable bonds is 10. The van der Waals surface area contributed by atoms with Gasteiger partial charge in [-0.1, -0.05) is 43.3 Å². The largest absolute Gasteiger partial charge is 0.324 e. The molecule has 1 fully saturated rings. The molecule has 1 N–H and O–H groups in total. The highest BCUT2D eigenvalue weighted by atomic mass is 16.2. The summed E-state index contributed by atoms with van der Waals surface area (Å²) in [4.78, 5) is 51.0. The van der Waals surface area contributed by atoms with E-state index in [1.807, 2.05) is 54.3 Å². The summed E-state index contributed by atoms with van der Waals surface area (Å²) in [5, 5.41) is 5.02. The molecule has 0 aliphatic carbocycles. The molecule has 3 aromatic carbocycles. The van der Waals surface area contributed by atoms with Crippen molar-refractivity contribution in [3.63, 3.8) is 0 Å². The van der Waals surface area contributed by atoms with Gasteiger partial charge in [-0.25, -0.2) is 4.79 Å². The number of nitrogens with one attached hydrogen (secondary N) is 1. The van der Waals surface area contributed by atoms with Gasteiger partial charge in [-0.3, -0.25) is 4.79 Å². The number of piperidine rings is 1. The molecule has 1 heterocycles. The minimum Gasteiger partial charge on any atom is -0.324 e. The number of urea groups is 1. The van der Waals surface area contributed by atoms with E-state index in [2.05, 4.69) is 24.4 Å². The summed E-state index contributed by atoms with van der Waals surface area (Å²) in [5.41, 5.74) is 4.87. The van der Waals surface area contributed by atoms with Crippen LogP contribution in [0.1, 0.15) is 55.2 Å². The van der Waals surface area contributed by atoms with Crippen LogP contribution in [0.25, 0.3) is 10.8 Å². The topological polar surface area (TPSA) is 86.8 Å². The normalized spacial score (nSPS) is 14.6. The van der Waals surface area contributed by atoms with Crippen LogP contribution in [0.5, 0.6) is 0 Å². The third-order valence-electron chi connectivity index (χ3n) is 7.56. The molecule has 198 valence electrons. The number of nitrogens with zero attached hydrogens (tertiary/aromatic N) is 2. The van der Waals surface area contributed by atoms with Gasteiger partial charge in [0.25, 0.3) is 0 Å². The van der Waals surface area contributed by atoms with Crippen molar-refractivity contribution in [2.45, 2.75) is 57.9 Å². The van der Waals surface area contributed by atoms with Crippen molar-refractivity contribution in [1.29, 1.82) is 0 Å². The van der Waals surface area contributed by atoms with Crippen molar-refractivity contribution in [3.8, 4) is 0 Å². The van der Waals surface area contributed by atoms with Crippen LogP contribution in [0.15, 0.2) is 54.6 Å². The number of likely N-dealkylation sites (tertiary alicyclic amines) is 1. The Morgan fingerprint density at radius 1 is 1.08 bits per heavy atom. The van der Waals surface area contributed by atoms with Crippen LogP contribution in [-0.4, -0.2) is 49.0 Å². The Bertz CT molecular complexity index is 1310. The van der Waals surface area contributed by atoms with Crippen molar-refractivity contribution in [2.75, 3.05) is 23.3 Å². The molecule has 3 aromatic rings. The van der Waals surface area contributed by atoms with Gasteiger partial charge < -0.3 is 24.7 Å². The fourth-order valence-corrected chi connectivity index (χ4v) is 5.45. The third kappa shape index (κ3) is 5.77. The van der Waals surface area contributed by atoms with E-state index in [0.29, 0.717) is 25.2 Å². The molecular formula is C31H35N3O4. The Balaban J connectivity index is 1.55. The monoisotopic (exact) mass is 513 g/mol. The molecule has 1 unspecified atom stereocenters. The molecule has 1 aliphatic heterocycles. The lowest BCUT2D eigenvalue weighted by Gasteiger charge is -2.33. The SMILES string of the molecule is CCc1cccc(NC(=O)N2CCC(c3ccc(N(C=O)C(C=O)CCC=O)c4c(C)cccc34)CC2)c1. The van der Waals surface area contributed by atoms with E-state index < -0.39 is 6.04 Å². The van der Waals surface area contributed by atoms with Crippen molar-refractivity contribution < 1.29 is 19.2 Å². The fourth-order valence-electron chi connectivity index (χ4n) is 5.45. The second-order valence-electron chi connectivity index (χ2n) is 9.88. The second kappa shape index (κ2) is 12.5. The number of anilines is 2. The van der Waals surface area contributed by atoms with Crippen LogP contribution in [0.3, 0.4) is 0 Å². The zero-order chi connectivity index (χ0) is 27.1. The lowest BCUT2D eigenvalue weighted by atomic mass is 9.85. The van der Waals surface area contributed by atoms with Crippen LogP contribution in [0.4, 0.5) is 16.2 Å². The minimum absolute atomic E-state index is 0.0791. The molecule has 1 atom stereocenters. The summed E-state index contributed by atoms with van der Waals surface area (Å²) in [6.07, 6.45) is 5.24. The van der Waals surface area contributed by atoms with Gasteiger partial charge in [-0.2, -0.15) is 0 Å². The molecule has 4 rings (SSSR count). The standard InChI is InChI=1S/C31H35N3O4/c1-3-23-8-5-9-25(19-23)32-31(38)33-16-14-24(15-17-33)27-12-13-29(30-22(2)7-4-11-28(27)30)34(21-37)26(20-36)10-6-18-35/h4-5,7-9,11-13,18-21,24,26H,3,6,10,14-17H2,1-2H3,(H,32,38). The highest BCUT2D eigenvalue weighted by molar-refractivity contribution is 6.03. The van der Waals surface area contributed by atoms with Crippen molar-refractivity contribution in [3.05, 3.63) is 71.3 Å². The fraction of sp³-hybridized carbons (Fsp3) is 0.355. The molecule has 38 heavy (non-hydrogen) atoms. The second-order valence-corrected chi connectivity index (χ2v) is 9.88. The molecular weight excluding hydrogens is 478 g/mol. The van der Waals surface area contributed by atoms with E-state index in [-0.39, 0.29) is 24.8 Å². The van der Waals surface area contributed by atoms with Crippen LogP contribution < -0.4 is 10.2 Å². The zero-order valence-electron chi connectivity index (χ0n) is 22.1. The quantitative estimate of drug-likeness (QED) is 0.356. The highest BCUT2D eigenvalue weighted by Gasteiger charge is 2.27. The zero-order valence-corrected chi connectivity index (χ0v) is 22.1. The first kappa shape index (κ1) is 27.0. The van der Waals surface area contributed by atoms with Gasteiger partial charge in [0.2, 0.25) is 6.41 Å². The Kier molecular flexibility index (Phi) is 8.89. The van der Waals surface area contributed by atoms with E-state index >= 15 is 0 Å². The molecule has 7 nitrogen and oxygen atoms in total. The Labute approximate surface area is 223 Å². The maximum Gasteiger partial charge on any atom is 0.321 e. The van der Waals surface area contributed by atoms with Gasteiger partial charge in [0.15, 0.2) is 0 Å². The number of hydrogen-bond acceptors (Lipinski definition) is 4. The minimum atomic E-state index is -0.703. The first-order valence-corrected chi connectivity index (χ1v) is 13.3. The summed E-state index contributed by atoms with van der Waals surface area (Å²) in [5.74, 6) is 0.266. The molecule has 0 radical (unpaired) electrons. The maximum atomic E-state index is 12.9. The van der Waals surface area contributed by atoms with E-state index in [0.717, 1.165) is 53.9 Å². The number of carbonyl (C=O) groups excluding carboxylic acids is 4. The first-order chi connectivity index (χ1) is 18.5. The molecule has 1 aliphatic rings. The first-order valence-electron chi connectivity index (χ1n) is 13.3. The lowest BCUT2D eigenvalue weighted by molar-refractivity contribution is -0.113. The summed E-state index contributed by atoms with van der Waals surface area (Å²) in [6.45, 7) is 5.39. The van der Waals surface area contributed by atoms with Gasteiger partial charge in [0.05, 0.1) is 11.7 Å². The number of fused-ring (bicyclic) bond motifs is 1. The Morgan fingerprint density at radius 2 is 1.84 bits per heavy atom. The number of aldehydes is 2. The van der Waals surface area contributed by atoms with Gasteiger partial charge in [-0.15, -0.1) is 0 Å². The number of amides is 3. The van der Waals surface area contributed by atoms with E-state index in [1.165, 1.54) is 16.0 Å². The van der Waals surface area contributed by atoms with E-state index in [9.17, 15) is 19.2 Å². The average molecular weight is 514 g/mol. The number of carbonyl (C=O) groups is 4. The van der Waals surface area contributed by atoms with Gasteiger partial charge in [0, 0.05) is 30.6 Å². The predicted molar refractivity (Wildman–Crippen MR) is 151 cm³/mol. The molecule has 7 heteroatoms. The molecule has 0 aromatic heterocycles. The summed E-state index contributed by atoms with van der Waals surface area (Å²) < 4.78 is 0. The summed E-state index contributed by atoms with van der Waals surface area (Å²) in [6, 6.07) is 17.2. The highest BCUT2D eigenvalue weighted by Crippen LogP contribution is 2.39. The molecule has 0 saturated carbocycles. The average Bonchev–Trinajstić information content (AvgIpc) is 2.95. The van der Waals surface area contributed by atoms with Crippen LogP contribution >= 0.6 is 0 Å². The van der Waals surface area contributed by atoms with Crippen LogP contribution in [0.2, 0.25) is 0 Å². The number of hydrogen-bond donors (Lipinski definition) is 1. The van der Waals surface area contributed by atoms with E-state index in [4.69, 9.17) is 0 Å². The number of aryl methyl sites for hydroxylation is 2. The lowest BCUT2D eigenvalue weighted by Crippen LogP contribution is -2.40. The van der Waals surface area contributed by atoms with Gasteiger partial charge in [0.1, 0.15) is 12.6 Å². The Morgan fingerprint density at radius 3 is 2.53 bits per heavy atom. The third-order valence-corrected chi connectivity index (χ3v) is 7.56. The Hall–Kier alpha value is -4.00. The van der Waals surface area contributed by atoms with Crippen molar-refractivity contribution in [2.24, 2.45) is 0 Å². The summed E-state index contributed by atoms with van der Waals surface area (Å²) in [7, 11) is 0. The van der Waals surface area contributed by atoms with Crippen molar-refractivity contribution >= 4 is 47.2 Å². The van der Waals surface area contributed by atoms with Crippen molar-refractivity contribution in [1.82, 2.24) is 4.90 Å². The summed E-state index contributed by atoms with van der Waals surface area (Å²) >= 11 is 0. The smallest absolute Gasteiger partial charge is 0.321 e. The molecule has 0 bridgehead atoms. The maximum absolute atomic E-state index is 12.9. The van der Waals surface area contributed by atoms with Gasteiger partial charge in [-0.05, 0) is 78.8 Å². The van der Waals surface area contributed by atoms with Crippen LogP contribution in [-0.2, 0) is 20.8 Å². The van der Waals surface area contributed by atoms with Gasteiger partial charge >= 0.3 is 6.03 Å². The predicted octanol–water partition coefficient (Wildman–Crippen LogP) is 5.63. The molecule has 1 saturated heterocycles. The van der Waals surface area contributed by atoms with Crippen LogP contribution in [0, 0.1) is 6.92 Å². The number of benzene rings is 3. The molecule has 0 spiro atoms. The molecule has 3 amide bonds. The van der Waals surface area contributed by atoms with E-state index in [1.54, 1.807) is 0 Å².